The predicted molar refractivity (Wildman–Crippen MR) is 99.9 cm³/mol. The molecule has 2 rings (SSSR count). The third kappa shape index (κ3) is 5.09. The van der Waals surface area contributed by atoms with E-state index in [4.69, 9.17) is 9.47 Å². The van der Waals surface area contributed by atoms with Gasteiger partial charge in [0, 0.05) is 12.1 Å². The van der Waals surface area contributed by atoms with Crippen LogP contribution in [0.2, 0.25) is 0 Å². The Morgan fingerprint density at radius 1 is 1.23 bits per heavy atom. The minimum absolute atomic E-state index is 0.113. The quantitative estimate of drug-likeness (QED) is 0.573. The number of ether oxygens (including phenoxy) is 2. The highest BCUT2D eigenvalue weighted by molar-refractivity contribution is 5.90. The number of aryl methyl sites for hydroxylation is 1. The van der Waals surface area contributed by atoms with Gasteiger partial charge in [0.1, 0.15) is 18.4 Å². The van der Waals surface area contributed by atoms with Gasteiger partial charge in [0.05, 0.1) is 6.42 Å². The zero-order valence-corrected chi connectivity index (χ0v) is 15.5. The van der Waals surface area contributed by atoms with Crippen LogP contribution >= 0.6 is 0 Å². The summed E-state index contributed by atoms with van der Waals surface area (Å²) in [5.41, 5.74) is 3.55. The first-order valence-electron chi connectivity index (χ1n) is 8.61. The summed E-state index contributed by atoms with van der Waals surface area (Å²) in [5.74, 6) is -0.761. The van der Waals surface area contributed by atoms with Crippen molar-refractivity contribution in [1.29, 1.82) is 0 Å². The maximum absolute atomic E-state index is 12.4. The maximum Gasteiger partial charge on any atom is 0.355 e. The van der Waals surface area contributed by atoms with E-state index < -0.39 is 5.97 Å². The highest BCUT2D eigenvalue weighted by Crippen LogP contribution is 2.20. The van der Waals surface area contributed by atoms with Crippen molar-refractivity contribution >= 4 is 11.9 Å². The number of carbonyl (C=O) groups excluding carboxylic acids is 2. The molecule has 0 radical (unpaired) electrons. The number of benzene rings is 1. The monoisotopic (exact) mass is 355 g/mol. The number of rotatable bonds is 8. The molecule has 26 heavy (non-hydrogen) atoms. The van der Waals surface area contributed by atoms with Crippen LogP contribution in [0.15, 0.2) is 43.0 Å². The highest BCUT2D eigenvalue weighted by Gasteiger charge is 2.21. The molecule has 1 N–H and O–H groups in total. The van der Waals surface area contributed by atoms with Crippen LogP contribution in [-0.4, -0.2) is 23.0 Å². The van der Waals surface area contributed by atoms with Crippen LogP contribution in [0.3, 0.4) is 0 Å². The molecule has 5 heteroatoms. The molecular weight excluding hydrogens is 330 g/mol. The second-order valence-electron chi connectivity index (χ2n) is 6.29. The van der Waals surface area contributed by atoms with Crippen LogP contribution < -0.4 is 0 Å². The summed E-state index contributed by atoms with van der Waals surface area (Å²) in [7, 11) is 0. The topological polar surface area (TPSA) is 68.4 Å². The Kier molecular flexibility index (Phi) is 6.78. The average molecular weight is 355 g/mol. The molecule has 0 aliphatic heterocycles. The van der Waals surface area contributed by atoms with Gasteiger partial charge in [-0.3, -0.25) is 4.79 Å². The van der Waals surface area contributed by atoms with Crippen molar-refractivity contribution in [1.82, 2.24) is 4.98 Å². The Hall–Kier alpha value is -2.82. The molecular formula is C21H25NO4. The highest BCUT2D eigenvalue weighted by atomic mass is 16.5. The largest absolute Gasteiger partial charge is 0.462 e. The zero-order valence-electron chi connectivity index (χ0n) is 15.5. The van der Waals surface area contributed by atoms with Gasteiger partial charge in [-0.15, -0.1) is 6.58 Å². The molecule has 138 valence electrons. The van der Waals surface area contributed by atoms with Crippen LogP contribution in [0.5, 0.6) is 0 Å². The fourth-order valence-electron chi connectivity index (χ4n) is 2.75. The number of aromatic nitrogens is 1. The molecule has 0 spiro atoms. The number of hydrogen-bond donors (Lipinski definition) is 1. The molecule has 5 nitrogen and oxygen atoms in total. The number of esters is 2. The molecule has 0 aliphatic carbocycles. The molecule has 0 bridgehead atoms. The van der Waals surface area contributed by atoms with Gasteiger partial charge in [-0.2, -0.15) is 0 Å². The summed E-state index contributed by atoms with van der Waals surface area (Å²) >= 11 is 0. The molecule has 0 saturated heterocycles. The molecule has 0 amide bonds. The fraction of sp³-hybridized carbons (Fsp3) is 0.333. The number of aromatic amines is 1. The van der Waals surface area contributed by atoms with Gasteiger partial charge < -0.3 is 14.5 Å². The third-order valence-electron chi connectivity index (χ3n) is 4.16. The molecule has 0 unspecified atom stereocenters. The lowest BCUT2D eigenvalue weighted by Crippen LogP contribution is -2.16. The number of carbonyl (C=O) groups is 2. The van der Waals surface area contributed by atoms with Gasteiger partial charge in [0.2, 0.25) is 0 Å². The summed E-state index contributed by atoms with van der Waals surface area (Å²) in [5, 5.41) is 0. The van der Waals surface area contributed by atoms with Crippen molar-refractivity contribution in [3.63, 3.8) is 0 Å². The SMILES string of the molecule is C=CC[C@H](C)OC(=O)Cc1c(C)[nH]c(C(=O)OCc2ccccc2)c1C. The maximum atomic E-state index is 12.4. The lowest BCUT2D eigenvalue weighted by atomic mass is 10.1. The Balaban J connectivity index is 2.03. The van der Waals surface area contributed by atoms with E-state index >= 15 is 0 Å². The smallest absolute Gasteiger partial charge is 0.355 e. The van der Waals surface area contributed by atoms with Crippen molar-refractivity contribution in [2.75, 3.05) is 0 Å². The molecule has 1 heterocycles. The van der Waals surface area contributed by atoms with Gasteiger partial charge in [-0.1, -0.05) is 36.4 Å². The van der Waals surface area contributed by atoms with E-state index in [1.165, 1.54) is 0 Å². The van der Waals surface area contributed by atoms with Crippen molar-refractivity contribution in [3.8, 4) is 0 Å². The van der Waals surface area contributed by atoms with E-state index in [-0.39, 0.29) is 25.1 Å². The zero-order chi connectivity index (χ0) is 19.1. The lowest BCUT2D eigenvalue weighted by molar-refractivity contribution is -0.147. The van der Waals surface area contributed by atoms with Crippen molar-refractivity contribution < 1.29 is 19.1 Å². The summed E-state index contributed by atoms with van der Waals surface area (Å²) in [4.78, 5) is 27.5. The summed E-state index contributed by atoms with van der Waals surface area (Å²) in [6.07, 6.45) is 2.22. The number of hydrogen-bond acceptors (Lipinski definition) is 4. The normalized spacial score (nSPS) is 11.7. The molecule has 0 saturated carbocycles. The van der Waals surface area contributed by atoms with Gasteiger partial charge in [-0.05, 0) is 37.5 Å². The van der Waals surface area contributed by atoms with E-state index in [0.29, 0.717) is 17.7 Å². The van der Waals surface area contributed by atoms with E-state index in [9.17, 15) is 9.59 Å². The Labute approximate surface area is 154 Å². The summed E-state index contributed by atoms with van der Waals surface area (Å²) in [6, 6.07) is 9.48. The van der Waals surface area contributed by atoms with Crippen molar-refractivity contribution in [2.45, 2.75) is 46.3 Å². The first-order chi connectivity index (χ1) is 12.4. The average Bonchev–Trinajstić information content (AvgIpc) is 2.89. The third-order valence-corrected chi connectivity index (χ3v) is 4.16. The van der Waals surface area contributed by atoms with Crippen LogP contribution in [-0.2, 0) is 27.3 Å². The Morgan fingerprint density at radius 2 is 1.92 bits per heavy atom. The van der Waals surface area contributed by atoms with Crippen LogP contribution in [0.4, 0.5) is 0 Å². The fourth-order valence-corrected chi connectivity index (χ4v) is 2.75. The van der Waals surface area contributed by atoms with E-state index in [1.807, 2.05) is 44.2 Å². The van der Waals surface area contributed by atoms with Crippen LogP contribution in [0, 0.1) is 13.8 Å². The first-order valence-corrected chi connectivity index (χ1v) is 8.61. The number of nitrogens with one attached hydrogen (secondary N) is 1. The standard InChI is InChI=1S/C21H25NO4/c1-5-9-14(2)26-19(23)12-18-15(3)20(22-16(18)4)21(24)25-13-17-10-7-6-8-11-17/h5-8,10-11,14,22H,1,9,12-13H2,2-4H3/t14-/m0/s1. The first kappa shape index (κ1) is 19.5. The molecule has 1 aromatic heterocycles. The summed E-state index contributed by atoms with van der Waals surface area (Å²) in [6.45, 7) is 9.29. The Bertz CT molecular complexity index is 777. The van der Waals surface area contributed by atoms with Gasteiger partial charge in [0.25, 0.3) is 0 Å². The van der Waals surface area contributed by atoms with Crippen LogP contribution in [0.25, 0.3) is 0 Å². The van der Waals surface area contributed by atoms with Gasteiger partial charge in [0.15, 0.2) is 0 Å². The van der Waals surface area contributed by atoms with Gasteiger partial charge >= 0.3 is 11.9 Å². The molecule has 2 aromatic rings. The van der Waals surface area contributed by atoms with E-state index in [2.05, 4.69) is 11.6 Å². The van der Waals surface area contributed by atoms with Crippen molar-refractivity contribution in [2.24, 2.45) is 0 Å². The minimum Gasteiger partial charge on any atom is -0.462 e. The molecule has 1 aromatic carbocycles. The predicted octanol–water partition coefficient (Wildman–Crippen LogP) is 4.04. The lowest BCUT2D eigenvalue weighted by Gasteiger charge is -2.11. The molecule has 1 atom stereocenters. The number of H-pyrrole nitrogens is 1. The van der Waals surface area contributed by atoms with Gasteiger partial charge in [-0.25, -0.2) is 4.79 Å². The summed E-state index contributed by atoms with van der Waals surface area (Å²) < 4.78 is 10.7. The van der Waals surface area contributed by atoms with Crippen molar-refractivity contribution in [3.05, 3.63) is 71.1 Å². The Morgan fingerprint density at radius 3 is 2.58 bits per heavy atom. The second kappa shape index (κ2) is 9.04. The molecule has 0 fully saturated rings. The second-order valence-corrected chi connectivity index (χ2v) is 6.29. The minimum atomic E-state index is -0.436. The van der Waals surface area contributed by atoms with E-state index in [0.717, 1.165) is 16.8 Å². The molecule has 0 aliphatic rings. The van der Waals surface area contributed by atoms with E-state index in [1.54, 1.807) is 13.0 Å². The van der Waals surface area contributed by atoms with Crippen LogP contribution in [0.1, 0.15) is 46.2 Å².